The molecule has 0 spiro atoms. The second-order valence-electron chi connectivity index (χ2n) is 5.27. The highest BCUT2D eigenvalue weighted by Gasteiger charge is 2.23. The lowest BCUT2D eigenvalue weighted by atomic mass is 10.0. The summed E-state index contributed by atoms with van der Waals surface area (Å²) >= 11 is 5.91. The molecule has 2 unspecified atom stereocenters. The first-order chi connectivity index (χ1) is 9.36. The van der Waals surface area contributed by atoms with Gasteiger partial charge >= 0.3 is 0 Å². The second-order valence-corrected chi connectivity index (χ2v) is 5.71. The molecule has 0 saturated heterocycles. The minimum absolute atomic E-state index is 0.0237. The molecule has 0 radical (unpaired) electrons. The Labute approximate surface area is 126 Å². The molecule has 0 aromatic heterocycles. The van der Waals surface area contributed by atoms with Gasteiger partial charge in [0.1, 0.15) is 0 Å². The zero-order chi connectivity index (χ0) is 15.3. The van der Waals surface area contributed by atoms with Gasteiger partial charge in [-0.15, -0.1) is 0 Å². The molecule has 1 aromatic carbocycles. The van der Waals surface area contributed by atoms with Crippen molar-refractivity contribution in [3.63, 3.8) is 0 Å². The summed E-state index contributed by atoms with van der Waals surface area (Å²) in [4.78, 5) is 15.6. The van der Waals surface area contributed by atoms with Crippen molar-refractivity contribution in [3.8, 4) is 0 Å². The molecule has 4 nitrogen and oxygen atoms in total. The first-order valence-electron chi connectivity index (χ1n) is 6.74. The van der Waals surface area contributed by atoms with E-state index in [9.17, 15) is 4.79 Å². The summed E-state index contributed by atoms with van der Waals surface area (Å²) in [5, 5.41) is 0.724. The molecule has 5 heteroatoms. The van der Waals surface area contributed by atoms with E-state index in [0.29, 0.717) is 13.0 Å². The van der Waals surface area contributed by atoms with Crippen LogP contribution in [0.4, 0.5) is 0 Å². The van der Waals surface area contributed by atoms with E-state index in [2.05, 4.69) is 11.8 Å². The number of hydrogen-bond acceptors (Lipinski definition) is 3. The van der Waals surface area contributed by atoms with E-state index in [4.69, 9.17) is 17.3 Å². The summed E-state index contributed by atoms with van der Waals surface area (Å²) in [6.45, 7) is 2.56. The average Bonchev–Trinajstić information content (AvgIpc) is 2.43. The Morgan fingerprint density at radius 1 is 1.25 bits per heavy atom. The molecule has 0 heterocycles. The Bertz CT molecular complexity index is 433. The van der Waals surface area contributed by atoms with Crippen molar-refractivity contribution in [1.82, 2.24) is 9.80 Å². The zero-order valence-electron chi connectivity index (χ0n) is 12.6. The van der Waals surface area contributed by atoms with E-state index in [1.165, 1.54) is 0 Å². The number of likely N-dealkylation sites (N-methyl/N-ethyl adjacent to an activating group) is 1. The van der Waals surface area contributed by atoms with Crippen LogP contribution in [-0.4, -0.2) is 49.4 Å². The van der Waals surface area contributed by atoms with E-state index in [1.807, 2.05) is 31.3 Å². The average molecular weight is 298 g/mol. The fourth-order valence-corrected chi connectivity index (χ4v) is 2.20. The second kappa shape index (κ2) is 7.62. The van der Waals surface area contributed by atoms with Gasteiger partial charge in [-0.3, -0.25) is 9.69 Å². The predicted molar refractivity (Wildman–Crippen MR) is 83.8 cm³/mol. The third kappa shape index (κ3) is 4.47. The Balaban J connectivity index is 2.77. The number of carbonyl (C=O) groups excluding carboxylic acids is 1. The quantitative estimate of drug-likeness (QED) is 0.875. The Morgan fingerprint density at radius 2 is 1.80 bits per heavy atom. The third-order valence-electron chi connectivity index (χ3n) is 3.72. The van der Waals surface area contributed by atoms with Crippen LogP contribution in [-0.2, 0) is 4.79 Å². The topological polar surface area (TPSA) is 49.6 Å². The SMILES string of the molecule is CC(c1ccc(Cl)cc1)N(C)C(CN)CC(=O)N(C)C. The number of benzene rings is 1. The van der Waals surface area contributed by atoms with Crippen LogP contribution in [0.25, 0.3) is 0 Å². The van der Waals surface area contributed by atoms with Gasteiger partial charge in [0.25, 0.3) is 0 Å². The van der Waals surface area contributed by atoms with Crippen LogP contribution in [0.1, 0.15) is 24.9 Å². The van der Waals surface area contributed by atoms with Crippen LogP contribution >= 0.6 is 11.6 Å². The van der Waals surface area contributed by atoms with Crippen molar-refractivity contribution < 1.29 is 4.79 Å². The van der Waals surface area contributed by atoms with Gasteiger partial charge in [0, 0.05) is 44.2 Å². The molecule has 1 amide bonds. The molecule has 2 N–H and O–H groups in total. The standard InChI is InChI=1S/C15H24ClN3O/c1-11(12-5-7-13(16)8-6-12)19(4)14(10-17)9-15(20)18(2)3/h5-8,11,14H,9-10,17H2,1-4H3. The Morgan fingerprint density at radius 3 is 2.25 bits per heavy atom. The number of amides is 1. The van der Waals surface area contributed by atoms with E-state index in [0.717, 1.165) is 10.6 Å². The fourth-order valence-electron chi connectivity index (χ4n) is 2.07. The van der Waals surface area contributed by atoms with Crippen molar-refractivity contribution in [3.05, 3.63) is 34.9 Å². The van der Waals surface area contributed by atoms with Crippen molar-refractivity contribution in [2.75, 3.05) is 27.7 Å². The third-order valence-corrected chi connectivity index (χ3v) is 3.97. The van der Waals surface area contributed by atoms with Crippen molar-refractivity contribution in [2.24, 2.45) is 5.73 Å². The largest absolute Gasteiger partial charge is 0.349 e. The van der Waals surface area contributed by atoms with E-state index in [1.54, 1.807) is 19.0 Å². The normalized spacial score (nSPS) is 14.2. The molecule has 0 fully saturated rings. The molecule has 20 heavy (non-hydrogen) atoms. The summed E-state index contributed by atoms with van der Waals surface area (Å²) in [6.07, 6.45) is 0.429. The van der Waals surface area contributed by atoms with Crippen LogP contribution in [0.3, 0.4) is 0 Å². The molecule has 0 aliphatic heterocycles. The van der Waals surface area contributed by atoms with Gasteiger partial charge in [-0.25, -0.2) is 0 Å². The lowest BCUT2D eigenvalue weighted by Gasteiger charge is -2.33. The number of rotatable bonds is 6. The van der Waals surface area contributed by atoms with Crippen LogP contribution < -0.4 is 5.73 Å². The van der Waals surface area contributed by atoms with Crippen LogP contribution in [0.15, 0.2) is 24.3 Å². The van der Waals surface area contributed by atoms with Gasteiger partial charge in [-0.1, -0.05) is 23.7 Å². The number of nitrogens with two attached hydrogens (primary N) is 1. The fraction of sp³-hybridized carbons (Fsp3) is 0.533. The van der Waals surface area contributed by atoms with Gasteiger partial charge in [0.05, 0.1) is 0 Å². The van der Waals surface area contributed by atoms with Crippen LogP contribution in [0.2, 0.25) is 5.02 Å². The number of hydrogen-bond donors (Lipinski definition) is 1. The van der Waals surface area contributed by atoms with E-state index < -0.39 is 0 Å². The number of nitrogens with zero attached hydrogens (tertiary/aromatic N) is 2. The van der Waals surface area contributed by atoms with E-state index >= 15 is 0 Å². The minimum Gasteiger partial charge on any atom is -0.349 e. The van der Waals surface area contributed by atoms with Gasteiger partial charge in [-0.2, -0.15) is 0 Å². The molecular formula is C15H24ClN3O. The molecule has 1 rings (SSSR count). The summed E-state index contributed by atoms with van der Waals surface area (Å²) < 4.78 is 0. The summed E-state index contributed by atoms with van der Waals surface area (Å²) in [5.74, 6) is 0.0932. The first kappa shape index (κ1) is 17.0. The van der Waals surface area contributed by atoms with Gasteiger partial charge in [0.15, 0.2) is 0 Å². The molecule has 0 saturated carbocycles. The maximum Gasteiger partial charge on any atom is 0.223 e. The monoisotopic (exact) mass is 297 g/mol. The first-order valence-corrected chi connectivity index (χ1v) is 7.12. The number of carbonyl (C=O) groups is 1. The molecule has 0 aliphatic carbocycles. The highest BCUT2D eigenvalue weighted by Crippen LogP contribution is 2.23. The molecule has 1 aromatic rings. The Hall–Kier alpha value is -1.10. The molecular weight excluding hydrogens is 274 g/mol. The summed E-state index contributed by atoms with van der Waals surface area (Å²) in [7, 11) is 5.52. The maximum absolute atomic E-state index is 11.8. The van der Waals surface area contributed by atoms with Crippen molar-refractivity contribution in [1.29, 1.82) is 0 Å². The predicted octanol–water partition coefficient (Wildman–Crippen LogP) is 2.14. The molecule has 0 aliphatic rings. The highest BCUT2D eigenvalue weighted by molar-refractivity contribution is 6.30. The zero-order valence-corrected chi connectivity index (χ0v) is 13.4. The Kier molecular flexibility index (Phi) is 6.46. The maximum atomic E-state index is 11.8. The van der Waals surface area contributed by atoms with E-state index in [-0.39, 0.29) is 18.0 Å². The van der Waals surface area contributed by atoms with Crippen molar-refractivity contribution >= 4 is 17.5 Å². The van der Waals surface area contributed by atoms with Crippen LogP contribution in [0, 0.1) is 0 Å². The van der Waals surface area contributed by atoms with Gasteiger partial charge in [-0.05, 0) is 31.7 Å². The number of halogens is 1. The molecule has 112 valence electrons. The van der Waals surface area contributed by atoms with Crippen molar-refractivity contribution in [2.45, 2.75) is 25.4 Å². The summed E-state index contributed by atoms with van der Waals surface area (Å²) in [6, 6.07) is 7.97. The highest BCUT2D eigenvalue weighted by atomic mass is 35.5. The van der Waals surface area contributed by atoms with Gasteiger partial charge < -0.3 is 10.6 Å². The lowest BCUT2D eigenvalue weighted by Crippen LogP contribution is -2.42. The smallest absolute Gasteiger partial charge is 0.223 e. The molecule has 2 atom stereocenters. The minimum atomic E-state index is 0.0237. The summed E-state index contributed by atoms with van der Waals surface area (Å²) in [5.41, 5.74) is 6.99. The molecule has 0 bridgehead atoms. The lowest BCUT2D eigenvalue weighted by molar-refractivity contribution is -0.130. The van der Waals surface area contributed by atoms with Gasteiger partial charge in [0.2, 0.25) is 5.91 Å². The van der Waals surface area contributed by atoms with Crippen LogP contribution in [0.5, 0.6) is 0 Å².